The third-order valence-electron chi connectivity index (χ3n) is 0.323. The molecule has 0 heterocycles. The van der Waals surface area contributed by atoms with Crippen LogP contribution >= 0.6 is 7.60 Å². The molecule has 0 fully saturated rings. The molecule has 0 aromatic heterocycles. The predicted molar refractivity (Wildman–Crippen MR) is 17.5 cm³/mol. The van der Waals surface area contributed by atoms with E-state index in [1.54, 1.807) is 0 Å². The van der Waals surface area contributed by atoms with Gasteiger partial charge in [0.15, 0.2) is 0 Å². The largest absolute Gasteiger partial charge is 1.00 e. The van der Waals surface area contributed by atoms with Crippen LogP contribution in [0.4, 0.5) is 0 Å². The van der Waals surface area contributed by atoms with Crippen LogP contribution < -0.4 is 74.0 Å². The third-order valence-corrected chi connectivity index (χ3v) is 0.968. The van der Waals surface area contributed by atoms with Gasteiger partial charge in [0.25, 0.3) is 0 Å². The molecular formula is C2H2Na2O5P-. The van der Waals surface area contributed by atoms with Crippen molar-refractivity contribution in [1.29, 1.82) is 0 Å². The minimum absolute atomic E-state index is 0. The summed E-state index contributed by atoms with van der Waals surface area (Å²) >= 11 is 0. The van der Waals surface area contributed by atoms with E-state index in [1.165, 1.54) is 0 Å². The Balaban J connectivity index is -0.000000245. The van der Waals surface area contributed by atoms with Gasteiger partial charge in [0.2, 0.25) is 0 Å². The van der Waals surface area contributed by atoms with E-state index in [-0.39, 0.29) is 59.1 Å². The van der Waals surface area contributed by atoms with Gasteiger partial charge >= 0.3 is 59.1 Å². The van der Waals surface area contributed by atoms with Crippen molar-refractivity contribution in [3.05, 3.63) is 0 Å². The third kappa shape index (κ3) is 16.3. The zero-order valence-corrected chi connectivity index (χ0v) is 10.6. The Bertz CT molecular complexity index is 141. The van der Waals surface area contributed by atoms with Gasteiger partial charge in [-0.3, -0.25) is 0 Å². The Hall–Kier alpha value is 1.62. The molecule has 0 aliphatic rings. The first kappa shape index (κ1) is 17.6. The molecule has 0 N–H and O–H groups in total. The van der Waals surface area contributed by atoms with E-state index < -0.39 is 19.7 Å². The van der Waals surface area contributed by atoms with Crippen LogP contribution in [0.1, 0.15) is 0 Å². The summed E-state index contributed by atoms with van der Waals surface area (Å²) in [4.78, 5) is 28.3. The average molecular weight is 183 g/mol. The number of hydrogen-bond acceptors (Lipinski definition) is 5. The molecule has 0 aliphatic heterocycles. The van der Waals surface area contributed by atoms with Gasteiger partial charge in [-0.1, -0.05) is 7.60 Å². The topological polar surface area (TPSA) is 103 Å². The molecule has 0 rings (SSSR count). The normalized spacial score (nSPS) is 9.00. The Labute approximate surface area is 102 Å². The van der Waals surface area contributed by atoms with Crippen LogP contribution in [0.5, 0.6) is 0 Å². The molecular weight excluding hydrogens is 181 g/mol. The summed E-state index contributed by atoms with van der Waals surface area (Å²) in [5.74, 6) is -1.86. The fourth-order valence-electron chi connectivity index (χ4n) is 0.158. The molecule has 5 nitrogen and oxygen atoms in total. The van der Waals surface area contributed by atoms with E-state index in [2.05, 4.69) is 0 Å². The molecule has 0 radical (unpaired) electrons. The van der Waals surface area contributed by atoms with Crippen molar-refractivity contribution in [2.75, 3.05) is 6.16 Å². The smallest absolute Gasteiger partial charge is 0.810 e. The molecule has 0 aromatic carbocycles. The summed E-state index contributed by atoms with van der Waals surface area (Å²) in [6.45, 7) is 0. The van der Waals surface area contributed by atoms with Crippen LogP contribution in [0.2, 0.25) is 0 Å². The van der Waals surface area contributed by atoms with Gasteiger partial charge in [0.1, 0.15) is 0 Å². The number of rotatable bonds is 2. The van der Waals surface area contributed by atoms with Gasteiger partial charge in [-0.2, -0.15) is 0 Å². The Morgan fingerprint density at radius 2 is 1.60 bits per heavy atom. The van der Waals surface area contributed by atoms with Crippen LogP contribution in [0.15, 0.2) is 0 Å². The fraction of sp³-hybridized carbons (Fsp3) is 0.500. The van der Waals surface area contributed by atoms with Crippen LogP contribution in [0, 0.1) is 0 Å². The first-order valence-corrected chi connectivity index (χ1v) is 3.35. The van der Waals surface area contributed by atoms with Gasteiger partial charge in [0.05, 0.1) is 0 Å². The van der Waals surface area contributed by atoms with E-state index >= 15 is 0 Å². The van der Waals surface area contributed by atoms with Crippen molar-refractivity contribution < 1.29 is 83.4 Å². The minimum Gasteiger partial charge on any atom is -0.810 e. The standard InChI is InChI=1S/C2H5O5P.2Na/c3-2(4)1-8(5,6)7;;/h1H2,(H,3,4)(H2,5,6,7);;/q;2*+1/p-3. The minimum atomic E-state index is -4.88. The maximum Gasteiger partial charge on any atom is 1.00 e. The van der Waals surface area contributed by atoms with Crippen LogP contribution in [0.25, 0.3) is 0 Å². The van der Waals surface area contributed by atoms with Gasteiger partial charge in [-0.05, 0) is 0 Å². The van der Waals surface area contributed by atoms with E-state index in [9.17, 15) is 24.3 Å². The summed E-state index contributed by atoms with van der Waals surface area (Å²) in [6, 6.07) is 0. The number of carboxylic acids is 1. The maximum absolute atomic E-state index is 9.49. The maximum atomic E-state index is 9.49. The summed E-state index contributed by atoms with van der Waals surface area (Å²) in [7, 11) is -4.88. The number of carbonyl (C=O) groups excluding carboxylic acids is 1. The molecule has 10 heavy (non-hydrogen) atoms. The first-order chi connectivity index (χ1) is 3.42. The second-order valence-electron chi connectivity index (χ2n) is 1.14. The van der Waals surface area contributed by atoms with Crippen LogP contribution in [-0.4, -0.2) is 12.1 Å². The van der Waals surface area contributed by atoms with E-state index in [4.69, 9.17) is 0 Å². The van der Waals surface area contributed by atoms with Gasteiger partial charge in [-0.25, -0.2) is 0 Å². The first-order valence-electron chi connectivity index (χ1n) is 1.63. The summed E-state index contributed by atoms with van der Waals surface area (Å²) < 4.78 is 9.49. The Kier molecular flexibility index (Phi) is 12.8. The van der Waals surface area contributed by atoms with Gasteiger partial charge < -0.3 is 24.3 Å². The number of carbonyl (C=O) groups is 1. The van der Waals surface area contributed by atoms with Crippen molar-refractivity contribution in [3.63, 3.8) is 0 Å². The molecule has 0 saturated heterocycles. The van der Waals surface area contributed by atoms with Crippen LogP contribution in [0.3, 0.4) is 0 Å². The second kappa shape index (κ2) is 7.28. The average Bonchev–Trinajstić information content (AvgIpc) is 1.21. The van der Waals surface area contributed by atoms with Crippen molar-refractivity contribution in [2.24, 2.45) is 0 Å². The Morgan fingerprint density at radius 3 is 1.60 bits per heavy atom. The van der Waals surface area contributed by atoms with Crippen molar-refractivity contribution in [3.8, 4) is 0 Å². The molecule has 0 atom stereocenters. The summed E-state index contributed by atoms with van der Waals surface area (Å²) in [5.41, 5.74) is 0. The second-order valence-corrected chi connectivity index (χ2v) is 2.68. The van der Waals surface area contributed by atoms with E-state index in [1.807, 2.05) is 0 Å². The van der Waals surface area contributed by atoms with E-state index in [0.29, 0.717) is 0 Å². The monoisotopic (exact) mass is 183 g/mol. The quantitative estimate of drug-likeness (QED) is 0.312. The molecule has 0 spiro atoms. The Morgan fingerprint density at radius 1 is 1.30 bits per heavy atom. The fourth-order valence-corrected chi connectivity index (χ4v) is 0.474. The summed E-state index contributed by atoms with van der Waals surface area (Å²) in [6.07, 6.45) is -1.42. The number of aliphatic carboxylic acids is 1. The molecule has 0 aliphatic carbocycles. The number of carboxylic acid groups (broad SMARTS) is 1. The molecule has 8 heteroatoms. The van der Waals surface area contributed by atoms with E-state index in [0.717, 1.165) is 0 Å². The molecule has 48 valence electrons. The zero-order chi connectivity index (χ0) is 6.78. The van der Waals surface area contributed by atoms with Crippen molar-refractivity contribution in [2.45, 2.75) is 0 Å². The molecule has 0 aromatic rings. The van der Waals surface area contributed by atoms with Crippen molar-refractivity contribution >= 4 is 13.6 Å². The molecule has 0 amide bonds. The van der Waals surface area contributed by atoms with Gasteiger partial charge in [0, 0.05) is 12.1 Å². The SMILES string of the molecule is O=C([O-])CP(=O)([O-])[O-].[Na+].[Na+]. The zero-order valence-electron chi connectivity index (χ0n) is 5.70. The predicted octanol–water partition coefficient (Wildman–Crippen LogP) is -9.34. The molecule has 0 unspecified atom stereocenters. The van der Waals surface area contributed by atoms with Gasteiger partial charge in [-0.15, -0.1) is 0 Å². The van der Waals surface area contributed by atoms with Crippen molar-refractivity contribution in [1.82, 2.24) is 0 Å². The number of hydrogen-bond donors (Lipinski definition) is 0. The molecule has 0 bridgehead atoms. The summed E-state index contributed by atoms with van der Waals surface area (Å²) in [5, 5.41) is 9.33. The van der Waals surface area contributed by atoms with Crippen LogP contribution in [-0.2, 0) is 9.36 Å². The molecule has 0 saturated carbocycles.